The van der Waals surface area contributed by atoms with Gasteiger partial charge in [-0.15, -0.1) is 0 Å². The molecular formula is C22H39NO. The molecule has 2 nitrogen and oxygen atoms in total. The van der Waals surface area contributed by atoms with Gasteiger partial charge in [-0.1, -0.05) is 94.5 Å². The van der Waals surface area contributed by atoms with E-state index < -0.39 is 0 Å². The van der Waals surface area contributed by atoms with Crippen molar-refractivity contribution in [2.24, 2.45) is 5.73 Å². The fraction of sp³-hybridized carbons (Fsp3) is 0.727. The van der Waals surface area contributed by atoms with Crippen LogP contribution in [0.4, 0.5) is 0 Å². The monoisotopic (exact) mass is 333 g/mol. The van der Waals surface area contributed by atoms with Gasteiger partial charge in [-0.3, -0.25) is 0 Å². The van der Waals surface area contributed by atoms with Crippen molar-refractivity contribution in [1.29, 1.82) is 0 Å². The van der Waals surface area contributed by atoms with Crippen LogP contribution in [-0.4, -0.2) is 19.8 Å². The van der Waals surface area contributed by atoms with Crippen LogP contribution in [0.5, 0.6) is 0 Å². The maximum Gasteiger partial charge on any atom is 0.0588 e. The van der Waals surface area contributed by atoms with E-state index in [4.69, 9.17) is 10.5 Å². The predicted octanol–water partition coefficient (Wildman–Crippen LogP) is 5.89. The summed E-state index contributed by atoms with van der Waals surface area (Å²) in [7, 11) is 0. The predicted molar refractivity (Wildman–Crippen MR) is 105 cm³/mol. The summed E-state index contributed by atoms with van der Waals surface area (Å²) >= 11 is 0. The van der Waals surface area contributed by atoms with E-state index in [0.717, 1.165) is 6.61 Å². The van der Waals surface area contributed by atoms with Gasteiger partial charge in [-0.25, -0.2) is 0 Å². The second-order valence-corrected chi connectivity index (χ2v) is 6.88. The third-order valence-corrected chi connectivity index (χ3v) is 4.61. The first kappa shape index (κ1) is 21.2. The van der Waals surface area contributed by atoms with Gasteiger partial charge in [0.25, 0.3) is 0 Å². The number of hydrogen-bond acceptors (Lipinski definition) is 2. The number of benzene rings is 1. The summed E-state index contributed by atoms with van der Waals surface area (Å²) in [6, 6.07) is 10.9. The van der Waals surface area contributed by atoms with Crippen LogP contribution in [0.1, 0.15) is 82.6 Å². The zero-order valence-electron chi connectivity index (χ0n) is 15.7. The van der Waals surface area contributed by atoms with E-state index in [9.17, 15) is 0 Å². The van der Waals surface area contributed by atoms with Gasteiger partial charge < -0.3 is 10.5 Å². The molecular weight excluding hydrogens is 294 g/mol. The highest BCUT2D eigenvalue weighted by Gasteiger charge is 1.95. The summed E-state index contributed by atoms with van der Waals surface area (Å²) in [5, 5.41) is 0. The molecule has 0 amide bonds. The van der Waals surface area contributed by atoms with Crippen molar-refractivity contribution in [2.75, 3.05) is 19.8 Å². The Labute approximate surface area is 150 Å². The summed E-state index contributed by atoms with van der Waals surface area (Å²) in [4.78, 5) is 0. The van der Waals surface area contributed by atoms with E-state index in [1.807, 2.05) is 0 Å². The van der Waals surface area contributed by atoms with Gasteiger partial charge in [0.05, 0.1) is 6.61 Å². The Hall–Kier alpha value is -0.860. The van der Waals surface area contributed by atoms with Crippen molar-refractivity contribution < 1.29 is 4.74 Å². The quantitative estimate of drug-likeness (QED) is 0.361. The zero-order chi connectivity index (χ0) is 17.1. The summed E-state index contributed by atoms with van der Waals surface area (Å²) in [5.41, 5.74) is 6.87. The highest BCUT2D eigenvalue weighted by molar-refractivity contribution is 5.14. The number of rotatable bonds is 17. The Morgan fingerprint density at radius 3 is 1.62 bits per heavy atom. The second kappa shape index (κ2) is 17.0. The first-order valence-corrected chi connectivity index (χ1v) is 10.2. The molecule has 0 atom stereocenters. The van der Waals surface area contributed by atoms with Gasteiger partial charge in [0.15, 0.2) is 0 Å². The third kappa shape index (κ3) is 13.6. The van der Waals surface area contributed by atoms with Crippen molar-refractivity contribution in [1.82, 2.24) is 0 Å². The van der Waals surface area contributed by atoms with E-state index in [0.29, 0.717) is 13.2 Å². The van der Waals surface area contributed by atoms with Crippen molar-refractivity contribution in [3.63, 3.8) is 0 Å². The van der Waals surface area contributed by atoms with Crippen molar-refractivity contribution >= 4 is 0 Å². The minimum Gasteiger partial charge on any atom is -0.380 e. The molecule has 0 aromatic heterocycles. The van der Waals surface area contributed by atoms with Crippen molar-refractivity contribution in [3.05, 3.63) is 35.9 Å². The average Bonchev–Trinajstić information content (AvgIpc) is 2.62. The van der Waals surface area contributed by atoms with Crippen LogP contribution in [0, 0.1) is 0 Å². The molecule has 1 aromatic carbocycles. The van der Waals surface area contributed by atoms with Crippen LogP contribution in [-0.2, 0) is 11.2 Å². The molecule has 1 aromatic rings. The number of aryl methyl sites for hydroxylation is 1. The second-order valence-electron chi connectivity index (χ2n) is 6.88. The molecule has 0 spiro atoms. The molecule has 0 saturated heterocycles. The lowest BCUT2D eigenvalue weighted by Crippen LogP contribution is -2.08. The molecule has 0 aliphatic heterocycles. The lowest BCUT2D eigenvalue weighted by molar-refractivity contribution is 0.137. The van der Waals surface area contributed by atoms with Crippen LogP contribution >= 0.6 is 0 Å². The van der Waals surface area contributed by atoms with Gasteiger partial charge >= 0.3 is 0 Å². The Morgan fingerprint density at radius 2 is 1.08 bits per heavy atom. The Bertz CT molecular complexity index is 352. The Balaban J connectivity index is 1.70. The molecule has 2 N–H and O–H groups in total. The molecule has 0 radical (unpaired) electrons. The molecule has 0 unspecified atom stereocenters. The summed E-state index contributed by atoms with van der Waals surface area (Å²) in [5.74, 6) is 0. The van der Waals surface area contributed by atoms with Gasteiger partial charge in [-0.2, -0.15) is 0 Å². The van der Waals surface area contributed by atoms with E-state index in [1.165, 1.54) is 89.0 Å². The fourth-order valence-electron chi connectivity index (χ4n) is 3.13. The highest BCUT2D eigenvalue weighted by Crippen LogP contribution is 2.13. The molecule has 0 heterocycles. The smallest absolute Gasteiger partial charge is 0.0588 e. The minimum atomic E-state index is 0.646. The van der Waals surface area contributed by atoms with E-state index >= 15 is 0 Å². The number of unbranched alkanes of at least 4 members (excludes halogenated alkanes) is 11. The standard InChI is InChI=1S/C22H39NO/c23-19-21-24-20-15-10-8-6-4-2-1-3-5-7-9-12-16-22-17-13-11-14-18-22/h11,13-14,17-18H,1-10,12,15-16,19-21,23H2. The average molecular weight is 334 g/mol. The van der Waals surface area contributed by atoms with E-state index in [1.54, 1.807) is 0 Å². The maximum absolute atomic E-state index is 5.38. The molecule has 0 bridgehead atoms. The van der Waals surface area contributed by atoms with Gasteiger partial charge in [0, 0.05) is 13.2 Å². The van der Waals surface area contributed by atoms with Crippen LogP contribution in [0.2, 0.25) is 0 Å². The van der Waals surface area contributed by atoms with Gasteiger partial charge in [0.2, 0.25) is 0 Å². The zero-order valence-corrected chi connectivity index (χ0v) is 15.7. The molecule has 0 aliphatic carbocycles. The largest absolute Gasteiger partial charge is 0.380 e. The number of nitrogens with two attached hydrogens (primary N) is 1. The highest BCUT2D eigenvalue weighted by atomic mass is 16.5. The molecule has 2 heteroatoms. The van der Waals surface area contributed by atoms with E-state index in [-0.39, 0.29) is 0 Å². The lowest BCUT2D eigenvalue weighted by atomic mass is 10.0. The van der Waals surface area contributed by atoms with Crippen LogP contribution in [0.15, 0.2) is 30.3 Å². The minimum absolute atomic E-state index is 0.646. The molecule has 24 heavy (non-hydrogen) atoms. The molecule has 1 rings (SSSR count). The SMILES string of the molecule is NCCOCCCCCCCCCCCCCCc1ccccc1. The number of ether oxygens (including phenoxy) is 1. The molecule has 138 valence electrons. The summed E-state index contributed by atoms with van der Waals surface area (Å²) < 4.78 is 5.38. The van der Waals surface area contributed by atoms with Crippen LogP contribution in [0.25, 0.3) is 0 Å². The topological polar surface area (TPSA) is 35.2 Å². The lowest BCUT2D eigenvalue weighted by Gasteiger charge is -2.04. The molecule has 0 fully saturated rings. The van der Waals surface area contributed by atoms with Crippen LogP contribution in [0.3, 0.4) is 0 Å². The Morgan fingerprint density at radius 1 is 0.583 bits per heavy atom. The van der Waals surface area contributed by atoms with Gasteiger partial charge in [-0.05, 0) is 24.8 Å². The first-order chi connectivity index (χ1) is 11.9. The summed E-state index contributed by atoms with van der Waals surface area (Å²) in [6.07, 6.45) is 17.8. The van der Waals surface area contributed by atoms with Gasteiger partial charge in [0.1, 0.15) is 0 Å². The number of hydrogen-bond donors (Lipinski definition) is 1. The van der Waals surface area contributed by atoms with Crippen molar-refractivity contribution in [2.45, 2.75) is 83.5 Å². The molecule has 0 saturated carbocycles. The maximum atomic E-state index is 5.38. The first-order valence-electron chi connectivity index (χ1n) is 10.2. The normalized spacial score (nSPS) is 11.0. The fourth-order valence-corrected chi connectivity index (χ4v) is 3.13. The van der Waals surface area contributed by atoms with Crippen molar-refractivity contribution in [3.8, 4) is 0 Å². The van der Waals surface area contributed by atoms with Crippen LogP contribution < -0.4 is 5.73 Å². The summed E-state index contributed by atoms with van der Waals surface area (Å²) in [6.45, 7) is 2.25. The van der Waals surface area contributed by atoms with E-state index in [2.05, 4.69) is 30.3 Å². The Kier molecular flexibility index (Phi) is 15.0. The third-order valence-electron chi connectivity index (χ3n) is 4.61. The molecule has 0 aliphatic rings.